The predicted octanol–water partition coefficient (Wildman–Crippen LogP) is 2.95. The predicted molar refractivity (Wildman–Crippen MR) is 84.5 cm³/mol. The summed E-state index contributed by atoms with van der Waals surface area (Å²) in [6.45, 7) is 6.84. The highest BCUT2D eigenvalue weighted by molar-refractivity contribution is 5.95. The molecule has 1 aromatic rings. The van der Waals surface area contributed by atoms with Crippen molar-refractivity contribution in [2.75, 3.05) is 25.0 Å². The fourth-order valence-corrected chi connectivity index (χ4v) is 2.56. The van der Waals surface area contributed by atoms with Crippen LogP contribution in [-0.2, 0) is 4.79 Å². The second-order valence-corrected chi connectivity index (χ2v) is 5.96. The molecule has 0 unspecified atom stereocenters. The third kappa shape index (κ3) is 4.97. The molecule has 4 heteroatoms. The molecule has 1 N–H and O–H groups in total. The van der Waals surface area contributed by atoms with E-state index < -0.39 is 0 Å². The van der Waals surface area contributed by atoms with E-state index in [1.165, 1.54) is 19.8 Å². The first-order valence-electron chi connectivity index (χ1n) is 7.68. The second kappa shape index (κ2) is 7.36. The van der Waals surface area contributed by atoms with Crippen molar-refractivity contribution >= 4 is 17.4 Å². The molecule has 4 nitrogen and oxygen atoms in total. The largest absolute Gasteiger partial charge is 0.326 e. The van der Waals surface area contributed by atoms with Crippen molar-refractivity contribution in [3.8, 4) is 0 Å². The van der Waals surface area contributed by atoms with Gasteiger partial charge in [-0.2, -0.15) is 0 Å². The third-order valence-corrected chi connectivity index (χ3v) is 4.11. The number of ketones is 1. The molecule has 0 aromatic heterocycles. The Morgan fingerprint density at radius 3 is 2.38 bits per heavy atom. The molecule has 1 aliphatic heterocycles. The highest BCUT2D eigenvalue weighted by atomic mass is 16.1. The number of anilines is 1. The zero-order valence-electron chi connectivity index (χ0n) is 12.9. The number of hydrogen-bond acceptors (Lipinski definition) is 3. The van der Waals surface area contributed by atoms with Gasteiger partial charge in [-0.05, 0) is 63.0 Å². The summed E-state index contributed by atoms with van der Waals surface area (Å²) in [4.78, 5) is 25.5. The summed E-state index contributed by atoms with van der Waals surface area (Å²) < 4.78 is 0. The Labute approximate surface area is 126 Å². The average molecular weight is 288 g/mol. The van der Waals surface area contributed by atoms with Gasteiger partial charge in [0.25, 0.3) is 0 Å². The molecular weight excluding hydrogens is 264 g/mol. The Hall–Kier alpha value is -1.68. The molecule has 1 amide bonds. The first-order chi connectivity index (χ1) is 10.0. The van der Waals surface area contributed by atoms with E-state index in [1.807, 2.05) is 0 Å². The van der Waals surface area contributed by atoms with Crippen molar-refractivity contribution < 1.29 is 9.59 Å². The van der Waals surface area contributed by atoms with E-state index in [-0.39, 0.29) is 11.7 Å². The van der Waals surface area contributed by atoms with Gasteiger partial charge >= 0.3 is 0 Å². The normalized spacial score (nSPS) is 16.7. The van der Waals surface area contributed by atoms with Crippen LogP contribution in [0.5, 0.6) is 0 Å². The smallest absolute Gasteiger partial charge is 0.225 e. The summed E-state index contributed by atoms with van der Waals surface area (Å²) in [6, 6.07) is 7.03. The molecule has 0 atom stereocenters. The molecule has 1 fully saturated rings. The van der Waals surface area contributed by atoms with Crippen molar-refractivity contribution in [1.29, 1.82) is 0 Å². The minimum absolute atomic E-state index is 0.0317. The van der Waals surface area contributed by atoms with Crippen molar-refractivity contribution in [2.45, 2.75) is 33.1 Å². The number of piperidine rings is 1. The summed E-state index contributed by atoms with van der Waals surface area (Å²) >= 11 is 0. The minimum Gasteiger partial charge on any atom is -0.326 e. The van der Waals surface area contributed by atoms with Crippen LogP contribution in [0.2, 0.25) is 0 Å². The Kier molecular flexibility index (Phi) is 5.51. The number of nitrogens with zero attached hydrogens (tertiary/aromatic N) is 1. The van der Waals surface area contributed by atoms with E-state index in [1.54, 1.807) is 24.3 Å². The first kappa shape index (κ1) is 15.7. The quantitative estimate of drug-likeness (QED) is 0.847. The number of carbonyl (C=O) groups excluding carboxylic acids is 2. The number of likely N-dealkylation sites (tertiary alicyclic amines) is 1. The molecule has 0 spiro atoms. The number of carbonyl (C=O) groups is 2. The topological polar surface area (TPSA) is 49.4 Å². The third-order valence-electron chi connectivity index (χ3n) is 4.11. The van der Waals surface area contributed by atoms with Gasteiger partial charge in [-0.15, -0.1) is 0 Å². The molecule has 21 heavy (non-hydrogen) atoms. The van der Waals surface area contributed by atoms with Gasteiger partial charge in [0.1, 0.15) is 0 Å². The number of rotatable bonds is 5. The lowest BCUT2D eigenvalue weighted by molar-refractivity contribution is -0.116. The van der Waals surface area contributed by atoms with Crippen LogP contribution < -0.4 is 5.32 Å². The lowest BCUT2D eigenvalue weighted by Crippen LogP contribution is -2.35. The van der Waals surface area contributed by atoms with Crippen molar-refractivity contribution in [2.24, 2.45) is 5.92 Å². The second-order valence-electron chi connectivity index (χ2n) is 5.96. The van der Waals surface area contributed by atoms with Crippen molar-refractivity contribution in [1.82, 2.24) is 4.90 Å². The van der Waals surface area contributed by atoms with Gasteiger partial charge in [0.05, 0.1) is 0 Å². The van der Waals surface area contributed by atoms with Gasteiger partial charge in [0, 0.05) is 24.2 Å². The first-order valence-corrected chi connectivity index (χ1v) is 7.68. The number of nitrogens with one attached hydrogen (secondary N) is 1. The average Bonchev–Trinajstić information content (AvgIpc) is 2.47. The Morgan fingerprint density at radius 1 is 1.19 bits per heavy atom. The van der Waals surface area contributed by atoms with E-state index in [9.17, 15) is 9.59 Å². The number of hydrogen-bond donors (Lipinski definition) is 1. The van der Waals surface area contributed by atoms with E-state index in [0.717, 1.165) is 31.2 Å². The molecule has 114 valence electrons. The fourth-order valence-electron chi connectivity index (χ4n) is 2.56. The highest BCUT2D eigenvalue weighted by Crippen LogP contribution is 2.16. The van der Waals surface area contributed by atoms with Crippen LogP contribution in [0.1, 0.15) is 43.5 Å². The van der Waals surface area contributed by atoms with Crippen LogP contribution in [0.15, 0.2) is 24.3 Å². The summed E-state index contributed by atoms with van der Waals surface area (Å²) in [5.74, 6) is 0.881. The Balaban J connectivity index is 1.75. The maximum Gasteiger partial charge on any atom is 0.225 e. The zero-order valence-corrected chi connectivity index (χ0v) is 12.9. The summed E-state index contributed by atoms with van der Waals surface area (Å²) in [5.41, 5.74) is 1.41. The standard InChI is InChI=1S/C17H24N2O2/c1-13-7-10-19(11-8-13)12-9-17(21)18-16-5-3-15(4-6-16)14(2)20/h3-6,13H,7-12H2,1-2H3,(H,18,21). The lowest BCUT2D eigenvalue weighted by Gasteiger charge is -2.29. The molecule has 0 radical (unpaired) electrons. The Morgan fingerprint density at radius 2 is 1.81 bits per heavy atom. The van der Waals surface area contributed by atoms with Crippen LogP contribution in [-0.4, -0.2) is 36.2 Å². The molecule has 0 saturated carbocycles. The van der Waals surface area contributed by atoms with Gasteiger partial charge < -0.3 is 10.2 Å². The summed E-state index contributed by atoms with van der Waals surface area (Å²) in [6.07, 6.45) is 2.98. The van der Waals surface area contributed by atoms with E-state index in [2.05, 4.69) is 17.1 Å². The molecule has 2 rings (SSSR count). The van der Waals surface area contributed by atoms with Crippen molar-refractivity contribution in [3.05, 3.63) is 29.8 Å². The van der Waals surface area contributed by atoms with Gasteiger partial charge in [-0.1, -0.05) is 6.92 Å². The van der Waals surface area contributed by atoms with Crippen LogP contribution in [0.4, 0.5) is 5.69 Å². The molecule has 1 saturated heterocycles. The van der Waals surface area contributed by atoms with Crippen LogP contribution in [0.25, 0.3) is 0 Å². The monoisotopic (exact) mass is 288 g/mol. The molecule has 0 bridgehead atoms. The van der Waals surface area contributed by atoms with Crippen LogP contribution in [0.3, 0.4) is 0 Å². The van der Waals surface area contributed by atoms with Crippen LogP contribution in [0, 0.1) is 5.92 Å². The van der Waals surface area contributed by atoms with E-state index in [4.69, 9.17) is 0 Å². The maximum absolute atomic E-state index is 11.9. The Bertz CT molecular complexity index is 488. The van der Waals surface area contributed by atoms with Gasteiger partial charge in [-0.3, -0.25) is 9.59 Å². The lowest BCUT2D eigenvalue weighted by atomic mass is 9.99. The van der Waals surface area contributed by atoms with E-state index in [0.29, 0.717) is 12.0 Å². The zero-order chi connectivity index (χ0) is 15.2. The number of amides is 1. The maximum atomic E-state index is 11.9. The van der Waals surface area contributed by atoms with Gasteiger partial charge in [-0.25, -0.2) is 0 Å². The molecule has 0 aliphatic carbocycles. The fraction of sp³-hybridized carbons (Fsp3) is 0.529. The molecular formula is C17H24N2O2. The number of benzene rings is 1. The van der Waals surface area contributed by atoms with E-state index >= 15 is 0 Å². The summed E-state index contributed by atoms with van der Waals surface area (Å²) in [5, 5.41) is 2.88. The molecule has 1 aromatic carbocycles. The molecule has 1 heterocycles. The van der Waals surface area contributed by atoms with Gasteiger partial charge in [0.15, 0.2) is 5.78 Å². The SMILES string of the molecule is CC(=O)c1ccc(NC(=O)CCN2CCC(C)CC2)cc1. The summed E-state index contributed by atoms with van der Waals surface area (Å²) in [7, 11) is 0. The number of Topliss-reactive ketones (excluding diaryl/α,β-unsaturated/α-hetero) is 1. The highest BCUT2D eigenvalue weighted by Gasteiger charge is 2.16. The van der Waals surface area contributed by atoms with Crippen molar-refractivity contribution in [3.63, 3.8) is 0 Å². The molecule has 1 aliphatic rings. The minimum atomic E-state index is 0.0317. The van der Waals surface area contributed by atoms with Crippen LogP contribution >= 0.6 is 0 Å². The van der Waals surface area contributed by atoms with Gasteiger partial charge in [0.2, 0.25) is 5.91 Å².